The third-order valence-corrected chi connectivity index (χ3v) is 5.42. The van der Waals surface area contributed by atoms with Crippen LogP contribution in [0.15, 0.2) is 24.3 Å². The van der Waals surface area contributed by atoms with Gasteiger partial charge >= 0.3 is 0 Å². The molecule has 1 fully saturated rings. The van der Waals surface area contributed by atoms with Crippen molar-refractivity contribution in [2.75, 3.05) is 13.1 Å². The van der Waals surface area contributed by atoms with Gasteiger partial charge in [0.2, 0.25) is 5.91 Å². The number of amides is 1. The van der Waals surface area contributed by atoms with E-state index in [4.69, 9.17) is 18.0 Å². The van der Waals surface area contributed by atoms with Gasteiger partial charge < -0.3 is 10.6 Å². The lowest BCUT2D eigenvalue weighted by atomic mass is 9.75. The van der Waals surface area contributed by atoms with Crippen LogP contribution >= 0.6 is 12.2 Å². The molecule has 0 saturated carbocycles. The Balaban J connectivity index is 1.65. The first-order valence-corrected chi connectivity index (χ1v) is 7.58. The summed E-state index contributed by atoms with van der Waals surface area (Å²) < 4.78 is 0. The summed E-state index contributed by atoms with van der Waals surface area (Å²) in [7, 11) is 0. The minimum Gasteiger partial charge on any atom is -0.393 e. The molecule has 2 aliphatic rings. The summed E-state index contributed by atoms with van der Waals surface area (Å²) in [6, 6.07) is 8.23. The fraction of sp³-hybridized carbons (Fsp3) is 0.500. The number of rotatable bonds is 2. The van der Waals surface area contributed by atoms with E-state index in [2.05, 4.69) is 19.1 Å². The molecule has 1 aliphatic carbocycles. The quantitative estimate of drug-likeness (QED) is 0.849. The van der Waals surface area contributed by atoms with Gasteiger partial charge in [-0.2, -0.15) is 0 Å². The predicted molar refractivity (Wildman–Crippen MR) is 83.6 cm³/mol. The number of hydrogen-bond donors (Lipinski definition) is 1. The number of hydrogen-bond acceptors (Lipinski definition) is 2. The zero-order chi connectivity index (χ0) is 14.3. The molecule has 1 amide bonds. The first kappa shape index (κ1) is 13.6. The number of carbonyl (C=O) groups excluding carboxylic acids is 1. The van der Waals surface area contributed by atoms with Crippen molar-refractivity contribution in [1.29, 1.82) is 0 Å². The number of benzene rings is 1. The molecule has 0 aromatic heterocycles. The Morgan fingerprint density at radius 3 is 2.60 bits per heavy atom. The van der Waals surface area contributed by atoms with Crippen LogP contribution in [0.2, 0.25) is 0 Å². The lowest BCUT2D eigenvalue weighted by molar-refractivity contribution is -0.135. The molecule has 1 aromatic rings. The van der Waals surface area contributed by atoms with Gasteiger partial charge in [0.25, 0.3) is 0 Å². The van der Waals surface area contributed by atoms with Crippen molar-refractivity contribution in [3.05, 3.63) is 35.4 Å². The standard InChI is InChI=1S/C16H20N2OS/c1-16(15(17)20)6-8-18(9-7-16)14(19)13-10-11-4-2-3-5-12(11)13/h2-5,13H,6-10H2,1H3,(H2,17,20). The molecule has 0 bridgehead atoms. The van der Waals surface area contributed by atoms with Gasteiger partial charge in [-0.25, -0.2) is 0 Å². The number of likely N-dealkylation sites (tertiary alicyclic amines) is 1. The predicted octanol–water partition coefficient (Wildman–Crippen LogP) is 2.24. The van der Waals surface area contributed by atoms with E-state index in [0.29, 0.717) is 4.99 Å². The molecule has 3 nitrogen and oxygen atoms in total. The summed E-state index contributed by atoms with van der Waals surface area (Å²) in [6.07, 6.45) is 2.64. The zero-order valence-electron chi connectivity index (χ0n) is 11.8. The molecule has 1 atom stereocenters. The molecule has 3 rings (SSSR count). The van der Waals surface area contributed by atoms with Crippen molar-refractivity contribution in [3.63, 3.8) is 0 Å². The second-order valence-corrected chi connectivity index (χ2v) is 6.65. The molecule has 1 unspecified atom stereocenters. The van der Waals surface area contributed by atoms with Crippen molar-refractivity contribution in [1.82, 2.24) is 4.90 Å². The fourth-order valence-electron chi connectivity index (χ4n) is 3.17. The highest BCUT2D eigenvalue weighted by Crippen LogP contribution is 2.38. The van der Waals surface area contributed by atoms with E-state index >= 15 is 0 Å². The number of thiocarbonyl (C=S) groups is 1. The molecule has 1 aromatic carbocycles. The third-order valence-electron chi connectivity index (χ3n) is 4.93. The van der Waals surface area contributed by atoms with Crippen molar-refractivity contribution in [2.45, 2.75) is 32.1 Å². The molecule has 1 saturated heterocycles. The Labute approximate surface area is 125 Å². The van der Waals surface area contributed by atoms with Gasteiger partial charge in [0.1, 0.15) is 0 Å². The fourth-order valence-corrected chi connectivity index (χ4v) is 3.37. The molecule has 0 radical (unpaired) electrons. The summed E-state index contributed by atoms with van der Waals surface area (Å²) in [5.74, 6) is 0.342. The van der Waals surface area contributed by atoms with Crippen LogP contribution in [0.5, 0.6) is 0 Å². The largest absolute Gasteiger partial charge is 0.393 e. The number of fused-ring (bicyclic) bond motifs is 1. The average molecular weight is 288 g/mol. The van der Waals surface area contributed by atoms with Crippen molar-refractivity contribution in [3.8, 4) is 0 Å². The SMILES string of the molecule is CC1(C(N)=S)CCN(C(=O)C2Cc3ccccc32)CC1. The highest BCUT2D eigenvalue weighted by molar-refractivity contribution is 7.80. The minimum atomic E-state index is -0.0797. The van der Waals surface area contributed by atoms with Crippen LogP contribution in [0.1, 0.15) is 36.8 Å². The van der Waals surface area contributed by atoms with E-state index in [9.17, 15) is 4.79 Å². The van der Waals surface area contributed by atoms with Gasteiger partial charge in [-0.3, -0.25) is 4.79 Å². The normalized spacial score (nSPS) is 23.6. The van der Waals surface area contributed by atoms with Crippen LogP contribution in [-0.4, -0.2) is 28.9 Å². The van der Waals surface area contributed by atoms with E-state index in [0.717, 1.165) is 32.4 Å². The summed E-state index contributed by atoms with van der Waals surface area (Å²) in [4.78, 5) is 15.2. The molecular formula is C16H20N2OS. The van der Waals surface area contributed by atoms with Gasteiger partial charge in [-0.15, -0.1) is 0 Å². The lowest BCUT2D eigenvalue weighted by Crippen LogP contribution is -2.49. The Kier molecular flexibility index (Phi) is 3.28. The Morgan fingerprint density at radius 1 is 1.35 bits per heavy atom. The molecule has 1 aliphatic heterocycles. The van der Waals surface area contributed by atoms with Gasteiger partial charge in [0.05, 0.1) is 10.9 Å². The van der Waals surface area contributed by atoms with E-state index in [1.165, 1.54) is 11.1 Å². The Bertz CT molecular complexity index is 561. The van der Waals surface area contributed by atoms with E-state index in [-0.39, 0.29) is 17.2 Å². The van der Waals surface area contributed by atoms with Crippen LogP contribution in [0.4, 0.5) is 0 Å². The molecule has 20 heavy (non-hydrogen) atoms. The highest BCUT2D eigenvalue weighted by Gasteiger charge is 2.39. The smallest absolute Gasteiger partial charge is 0.230 e. The average Bonchev–Trinajstić information content (AvgIpc) is 2.40. The van der Waals surface area contributed by atoms with Crippen LogP contribution in [0.25, 0.3) is 0 Å². The summed E-state index contributed by atoms with van der Waals surface area (Å²) in [5.41, 5.74) is 8.26. The van der Waals surface area contributed by atoms with Crippen LogP contribution < -0.4 is 5.73 Å². The van der Waals surface area contributed by atoms with Crippen molar-refractivity contribution in [2.24, 2.45) is 11.1 Å². The maximum atomic E-state index is 12.6. The first-order chi connectivity index (χ1) is 9.51. The maximum Gasteiger partial charge on any atom is 0.230 e. The highest BCUT2D eigenvalue weighted by atomic mass is 32.1. The number of carbonyl (C=O) groups is 1. The van der Waals surface area contributed by atoms with E-state index < -0.39 is 0 Å². The third kappa shape index (κ3) is 2.12. The first-order valence-electron chi connectivity index (χ1n) is 7.18. The van der Waals surface area contributed by atoms with E-state index in [1.807, 2.05) is 17.0 Å². The second kappa shape index (κ2) is 4.85. The van der Waals surface area contributed by atoms with Crippen LogP contribution in [0, 0.1) is 5.41 Å². The summed E-state index contributed by atoms with van der Waals surface area (Å²) in [6.45, 7) is 3.65. The lowest BCUT2D eigenvalue weighted by Gasteiger charge is -2.41. The molecule has 4 heteroatoms. The number of piperidine rings is 1. The topological polar surface area (TPSA) is 46.3 Å². The maximum absolute atomic E-state index is 12.6. The molecular weight excluding hydrogens is 268 g/mol. The number of nitrogens with two attached hydrogens (primary N) is 1. The molecule has 2 N–H and O–H groups in total. The van der Waals surface area contributed by atoms with Gasteiger partial charge in [0.15, 0.2) is 0 Å². The van der Waals surface area contributed by atoms with Crippen molar-refractivity contribution < 1.29 is 4.79 Å². The van der Waals surface area contributed by atoms with Gasteiger partial charge in [0, 0.05) is 18.5 Å². The zero-order valence-corrected chi connectivity index (χ0v) is 12.6. The number of nitrogens with zero attached hydrogens (tertiary/aromatic N) is 1. The molecule has 106 valence electrons. The second-order valence-electron chi connectivity index (χ2n) is 6.21. The van der Waals surface area contributed by atoms with Gasteiger partial charge in [-0.1, -0.05) is 43.4 Å². The minimum absolute atomic E-state index is 0.0698. The van der Waals surface area contributed by atoms with Crippen molar-refractivity contribution >= 4 is 23.1 Å². The summed E-state index contributed by atoms with van der Waals surface area (Å²) >= 11 is 5.15. The summed E-state index contributed by atoms with van der Waals surface area (Å²) in [5, 5.41) is 0. The van der Waals surface area contributed by atoms with E-state index in [1.54, 1.807) is 0 Å². The Morgan fingerprint density at radius 2 is 2.00 bits per heavy atom. The van der Waals surface area contributed by atoms with Crippen LogP contribution in [-0.2, 0) is 11.2 Å². The van der Waals surface area contributed by atoms with Crippen LogP contribution in [0.3, 0.4) is 0 Å². The Hall–Kier alpha value is -1.42. The molecule has 0 spiro atoms. The van der Waals surface area contributed by atoms with Gasteiger partial charge in [-0.05, 0) is 30.4 Å². The molecule has 1 heterocycles. The monoisotopic (exact) mass is 288 g/mol.